The first-order chi connectivity index (χ1) is 13.5. The van der Waals surface area contributed by atoms with E-state index in [9.17, 15) is 21.6 Å². The second kappa shape index (κ2) is 7.76. The summed E-state index contributed by atoms with van der Waals surface area (Å²) >= 11 is 0. The van der Waals surface area contributed by atoms with E-state index in [0.29, 0.717) is 31.6 Å². The van der Waals surface area contributed by atoms with Gasteiger partial charge >= 0.3 is 6.09 Å². The molecule has 1 aliphatic rings. The Morgan fingerprint density at radius 1 is 1.03 bits per heavy atom. The van der Waals surface area contributed by atoms with Crippen molar-refractivity contribution in [3.63, 3.8) is 0 Å². The van der Waals surface area contributed by atoms with Crippen LogP contribution in [0.25, 0.3) is 0 Å². The fraction of sp³-hybridized carbons (Fsp3) is 0.412. The van der Waals surface area contributed by atoms with Crippen LogP contribution >= 0.6 is 0 Å². The number of sulfonamides is 1. The Morgan fingerprint density at radius 3 is 2.10 bits per heavy atom. The molecule has 0 unspecified atom stereocenters. The van der Waals surface area contributed by atoms with Gasteiger partial charge in [-0.3, -0.25) is 0 Å². The number of amides is 1. The monoisotopic (exact) mass is 442 g/mol. The van der Waals surface area contributed by atoms with E-state index in [-0.39, 0.29) is 15.7 Å². The fourth-order valence-corrected chi connectivity index (χ4v) is 5.16. The molecule has 0 aliphatic carbocycles. The first-order valence-electron chi connectivity index (χ1n) is 8.85. The van der Waals surface area contributed by atoms with Crippen LogP contribution in [0.3, 0.4) is 0 Å². The lowest BCUT2D eigenvalue weighted by atomic mass is 9.94. The predicted octanol–water partition coefficient (Wildman–Crippen LogP) is 1.23. The van der Waals surface area contributed by atoms with Gasteiger partial charge in [-0.25, -0.2) is 17.5 Å². The Morgan fingerprint density at radius 2 is 1.59 bits per heavy atom. The Labute approximate surface area is 169 Å². The zero-order valence-electron chi connectivity index (χ0n) is 16.0. The molecule has 10 nitrogen and oxygen atoms in total. The van der Waals surface area contributed by atoms with Crippen LogP contribution in [0.4, 0.5) is 4.79 Å². The lowest BCUT2D eigenvalue weighted by Crippen LogP contribution is -2.36. The van der Waals surface area contributed by atoms with Crippen molar-refractivity contribution in [3.8, 4) is 0 Å². The van der Waals surface area contributed by atoms with Crippen molar-refractivity contribution in [1.29, 1.82) is 0 Å². The molecular weight excluding hydrogens is 420 g/mol. The molecule has 2 heterocycles. The number of carbonyl (C=O) groups is 1. The van der Waals surface area contributed by atoms with E-state index in [1.54, 1.807) is 6.07 Å². The molecule has 1 aromatic carbocycles. The molecule has 0 atom stereocenters. The number of carboxylic acid groups (broad SMARTS) is 1. The van der Waals surface area contributed by atoms with Gasteiger partial charge in [0.1, 0.15) is 0 Å². The quantitative estimate of drug-likeness (QED) is 0.737. The first-order valence-corrected chi connectivity index (χ1v) is 11.7. The molecule has 1 saturated heterocycles. The Bertz CT molecular complexity index is 1100. The van der Waals surface area contributed by atoms with Crippen LogP contribution in [0.15, 0.2) is 46.3 Å². The summed E-state index contributed by atoms with van der Waals surface area (Å²) in [5, 5.41) is 13.2. The standard InChI is InChI=1S/C17H22N4O6S2/c1-19(2)28(24,25)14-3-5-15(6-4-14)29(26,27)21-12-9-16(18-21)13-7-10-20(11-8-13)17(22)23/h3-6,9,12-13H,7-8,10-11H2,1-2H3,(H,22,23). The van der Waals surface area contributed by atoms with E-state index >= 15 is 0 Å². The van der Waals surface area contributed by atoms with Crippen LogP contribution in [-0.2, 0) is 20.0 Å². The lowest BCUT2D eigenvalue weighted by Gasteiger charge is -2.28. The van der Waals surface area contributed by atoms with Gasteiger partial charge in [-0.15, -0.1) is 0 Å². The van der Waals surface area contributed by atoms with Crippen molar-refractivity contribution in [3.05, 3.63) is 42.2 Å². The third-order valence-electron chi connectivity index (χ3n) is 4.92. The molecule has 3 rings (SSSR count). The van der Waals surface area contributed by atoms with E-state index < -0.39 is 26.1 Å². The number of aromatic nitrogens is 2. The van der Waals surface area contributed by atoms with Crippen LogP contribution in [0.2, 0.25) is 0 Å². The van der Waals surface area contributed by atoms with Crippen molar-refractivity contribution in [2.45, 2.75) is 28.6 Å². The first kappa shape index (κ1) is 21.3. The largest absolute Gasteiger partial charge is 0.465 e. The van der Waals surface area contributed by atoms with Crippen molar-refractivity contribution < 1.29 is 26.7 Å². The molecule has 1 aliphatic heterocycles. The molecule has 29 heavy (non-hydrogen) atoms. The Balaban J connectivity index is 1.80. The summed E-state index contributed by atoms with van der Waals surface area (Å²) < 4.78 is 51.8. The van der Waals surface area contributed by atoms with Gasteiger partial charge in [-0.05, 0) is 43.2 Å². The predicted molar refractivity (Wildman–Crippen MR) is 104 cm³/mol. The van der Waals surface area contributed by atoms with Crippen LogP contribution in [-0.4, -0.2) is 73.6 Å². The van der Waals surface area contributed by atoms with Gasteiger partial charge in [0.05, 0.1) is 15.5 Å². The summed E-state index contributed by atoms with van der Waals surface area (Å²) in [5.74, 6) is -0.0188. The molecule has 1 amide bonds. The minimum Gasteiger partial charge on any atom is -0.465 e. The zero-order valence-corrected chi connectivity index (χ0v) is 17.6. The highest BCUT2D eigenvalue weighted by Gasteiger charge is 2.27. The summed E-state index contributed by atoms with van der Waals surface area (Å²) in [6, 6.07) is 6.57. The fourth-order valence-electron chi connectivity index (χ4n) is 3.14. The van der Waals surface area contributed by atoms with Crippen LogP contribution in [0.5, 0.6) is 0 Å². The molecule has 1 aromatic heterocycles. The van der Waals surface area contributed by atoms with Gasteiger partial charge in [0.25, 0.3) is 10.0 Å². The number of nitrogens with zero attached hydrogens (tertiary/aromatic N) is 4. The van der Waals surface area contributed by atoms with Crippen molar-refractivity contribution >= 4 is 26.1 Å². The molecule has 1 N–H and O–H groups in total. The topological polar surface area (TPSA) is 130 Å². The summed E-state index contributed by atoms with van der Waals surface area (Å²) in [6.07, 6.45) is 1.52. The maximum atomic E-state index is 12.8. The molecule has 1 fully saturated rings. The number of piperidine rings is 1. The molecule has 0 radical (unpaired) electrons. The minimum atomic E-state index is -3.97. The van der Waals surface area contributed by atoms with Gasteiger partial charge in [-0.2, -0.15) is 17.6 Å². The van der Waals surface area contributed by atoms with Crippen molar-refractivity contribution in [2.24, 2.45) is 0 Å². The van der Waals surface area contributed by atoms with Gasteiger partial charge in [0.15, 0.2) is 0 Å². The lowest BCUT2D eigenvalue weighted by molar-refractivity contribution is 0.131. The Hall–Kier alpha value is -2.44. The minimum absolute atomic E-state index is 0.00667. The van der Waals surface area contributed by atoms with E-state index in [2.05, 4.69) is 5.10 Å². The second-order valence-electron chi connectivity index (χ2n) is 6.92. The third kappa shape index (κ3) is 4.14. The molecule has 2 aromatic rings. The second-order valence-corrected chi connectivity index (χ2v) is 10.9. The highest BCUT2D eigenvalue weighted by Crippen LogP contribution is 2.27. The normalized spacial score (nSPS) is 16.3. The molecule has 158 valence electrons. The van der Waals surface area contributed by atoms with Crippen molar-refractivity contribution in [2.75, 3.05) is 27.2 Å². The van der Waals surface area contributed by atoms with Gasteiger partial charge in [0, 0.05) is 39.3 Å². The van der Waals surface area contributed by atoms with E-state index in [1.807, 2.05) is 0 Å². The summed E-state index contributed by atoms with van der Waals surface area (Å²) in [7, 11) is -4.84. The van der Waals surface area contributed by atoms with Gasteiger partial charge in [0.2, 0.25) is 10.0 Å². The maximum absolute atomic E-state index is 12.8. The van der Waals surface area contributed by atoms with E-state index in [4.69, 9.17) is 5.11 Å². The number of likely N-dealkylation sites (tertiary alicyclic amines) is 1. The number of hydrogen-bond acceptors (Lipinski definition) is 6. The maximum Gasteiger partial charge on any atom is 0.407 e. The van der Waals surface area contributed by atoms with Gasteiger partial charge < -0.3 is 10.0 Å². The number of hydrogen-bond donors (Lipinski definition) is 1. The Kier molecular flexibility index (Phi) is 5.70. The molecule has 12 heteroatoms. The average molecular weight is 443 g/mol. The molecule has 0 spiro atoms. The summed E-state index contributed by atoms with van der Waals surface area (Å²) in [6.45, 7) is 0.753. The highest BCUT2D eigenvalue weighted by molar-refractivity contribution is 7.90. The smallest absolute Gasteiger partial charge is 0.407 e. The highest BCUT2D eigenvalue weighted by atomic mass is 32.2. The van der Waals surface area contributed by atoms with Crippen LogP contribution in [0, 0.1) is 0 Å². The molecule has 0 bridgehead atoms. The van der Waals surface area contributed by atoms with Crippen LogP contribution in [0.1, 0.15) is 24.5 Å². The molecule has 0 saturated carbocycles. The SMILES string of the molecule is CN(C)S(=O)(=O)c1ccc(S(=O)(=O)n2ccc(C3CCN(C(=O)O)CC3)n2)cc1. The van der Waals surface area contributed by atoms with E-state index in [1.165, 1.54) is 49.5 Å². The van der Waals surface area contributed by atoms with E-state index in [0.717, 1.165) is 8.39 Å². The third-order valence-corrected chi connectivity index (χ3v) is 8.31. The summed E-state index contributed by atoms with van der Waals surface area (Å²) in [5.41, 5.74) is 0.588. The zero-order chi connectivity index (χ0) is 21.4. The van der Waals surface area contributed by atoms with Crippen LogP contribution < -0.4 is 0 Å². The summed E-state index contributed by atoms with van der Waals surface area (Å²) in [4.78, 5) is 12.2. The van der Waals surface area contributed by atoms with Gasteiger partial charge in [-0.1, -0.05) is 0 Å². The average Bonchev–Trinajstić information content (AvgIpc) is 3.19. The molecular formula is C17H22N4O6S2. The number of rotatable bonds is 5. The van der Waals surface area contributed by atoms with Crippen molar-refractivity contribution in [1.82, 2.24) is 18.4 Å². The number of benzene rings is 1.